The Balaban J connectivity index is 3.90. The molecule has 4 nitrogen and oxygen atoms in total. The maximum atomic E-state index is 8.72. The van der Waals surface area contributed by atoms with E-state index in [0.29, 0.717) is 11.3 Å². The van der Waals surface area contributed by atoms with E-state index in [0.717, 1.165) is 19.5 Å². The fourth-order valence-corrected chi connectivity index (χ4v) is 2.03. The van der Waals surface area contributed by atoms with Gasteiger partial charge in [0.15, 0.2) is 0 Å². The lowest BCUT2D eigenvalue weighted by molar-refractivity contribution is 0.289. The number of rotatable bonds is 10. The third kappa shape index (κ3) is 8.09. The molecule has 4 heteroatoms. The predicted molar refractivity (Wildman–Crippen MR) is 82.6 cm³/mol. The molecule has 0 amide bonds. The minimum absolute atomic E-state index is 0.256. The number of nitrogens with zero attached hydrogens (tertiary/aromatic N) is 1. The topological polar surface area (TPSA) is 70.6 Å². The Hall–Kier alpha value is -0.770. The highest BCUT2D eigenvalue weighted by Crippen LogP contribution is 2.23. The molecule has 0 radical (unpaired) electrons. The van der Waals surface area contributed by atoms with Gasteiger partial charge in [-0.15, -0.1) is 0 Å². The first-order valence-corrected chi connectivity index (χ1v) is 7.44. The second kappa shape index (κ2) is 8.41. The fraction of sp³-hybridized carbons (Fsp3) is 0.933. The van der Waals surface area contributed by atoms with Crippen LogP contribution in [0.1, 0.15) is 66.7 Å². The van der Waals surface area contributed by atoms with Crippen molar-refractivity contribution in [3.63, 3.8) is 0 Å². The van der Waals surface area contributed by atoms with Gasteiger partial charge in [0.2, 0.25) is 0 Å². The first-order chi connectivity index (χ1) is 8.75. The number of unbranched alkanes of at least 4 members (excludes halogenated alkanes) is 2. The summed E-state index contributed by atoms with van der Waals surface area (Å²) in [6.45, 7) is 12.8. The molecule has 0 fully saturated rings. The smallest absolute Gasteiger partial charge is 0.144 e. The van der Waals surface area contributed by atoms with Crippen LogP contribution in [0.25, 0.3) is 0 Å². The van der Waals surface area contributed by atoms with Crippen LogP contribution in [-0.4, -0.2) is 24.1 Å². The van der Waals surface area contributed by atoms with Crippen molar-refractivity contribution in [2.75, 3.05) is 13.1 Å². The van der Waals surface area contributed by atoms with Crippen LogP contribution >= 0.6 is 0 Å². The van der Waals surface area contributed by atoms with Crippen LogP contribution in [0.4, 0.5) is 0 Å². The molecule has 0 aliphatic carbocycles. The van der Waals surface area contributed by atoms with Crippen molar-refractivity contribution in [1.82, 2.24) is 5.32 Å². The highest BCUT2D eigenvalue weighted by molar-refractivity contribution is 5.85. The lowest BCUT2D eigenvalue weighted by atomic mass is 9.86. The molecule has 0 atom stereocenters. The zero-order valence-electron chi connectivity index (χ0n) is 13.4. The summed E-state index contributed by atoms with van der Waals surface area (Å²) in [4.78, 5) is 0. The standard InChI is InChI=1S/C15H33N3O/c1-6-7-8-9-14(2,3)12-17-11-10-15(4,5)13(16)18-19/h17,19H,6-12H2,1-5H3,(H2,16,18). The summed E-state index contributed by atoms with van der Waals surface area (Å²) in [7, 11) is 0. The van der Waals surface area contributed by atoms with E-state index < -0.39 is 0 Å². The van der Waals surface area contributed by atoms with Crippen LogP contribution in [0.15, 0.2) is 5.16 Å². The van der Waals surface area contributed by atoms with Gasteiger partial charge in [-0.05, 0) is 24.8 Å². The summed E-state index contributed by atoms with van der Waals surface area (Å²) < 4.78 is 0. The van der Waals surface area contributed by atoms with Gasteiger partial charge in [0.05, 0.1) is 0 Å². The third-order valence-electron chi connectivity index (χ3n) is 3.79. The molecule has 0 bridgehead atoms. The van der Waals surface area contributed by atoms with E-state index >= 15 is 0 Å². The Morgan fingerprint density at radius 3 is 2.32 bits per heavy atom. The average Bonchev–Trinajstić information content (AvgIpc) is 2.34. The van der Waals surface area contributed by atoms with Gasteiger partial charge < -0.3 is 16.3 Å². The van der Waals surface area contributed by atoms with Crippen LogP contribution in [0.2, 0.25) is 0 Å². The van der Waals surface area contributed by atoms with Gasteiger partial charge in [-0.2, -0.15) is 0 Å². The molecule has 19 heavy (non-hydrogen) atoms. The van der Waals surface area contributed by atoms with E-state index in [4.69, 9.17) is 10.9 Å². The molecule has 0 heterocycles. The third-order valence-corrected chi connectivity index (χ3v) is 3.79. The molecular formula is C15H33N3O. The van der Waals surface area contributed by atoms with E-state index in [1.54, 1.807) is 0 Å². The number of hydrogen-bond donors (Lipinski definition) is 3. The molecule has 0 aromatic heterocycles. The highest BCUT2D eigenvalue weighted by Gasteiger charge is 2.23. The van der Waals surface area contributed by atoms with E-state index in [1.165, 1.54) is 25.7 Å². The van der Waals surface area contributed by atoms with Crippen LogP contribution in [0.5, 0.6) is 0 Å². The molecule has 0 rings (SSSR count). The van der Waals surface area contributed by atoms with E-state index in [9.17, 15) is 0 Å². The van der Waals surface area contributed by atoms with Crippen LogP contribution in [0.3, 0.4) is 0 Å². The van der Waals surface area contributed by atoms with Gasteiger partial charge in [0, 0.05) is 12.0 Å². The van der Waals surface area contributed by atoms with Crippen LogP contribution in [-0.2, 0) is 0 Å². The first kappa shape index (κ1) is 18.2. The van der Waals surface area contributed by atoms with E-state index in [2.05, 4.69) is 31.2 Å². The Labute approximate surface area is 118 Å². The van der Waals surface area contributed by atoms with Crippen molar-refractivity contribution in [2.24, 2.45) is 21.7 Å². The van der Waals surface area contributed by atoms with Gasteiger partial charge in [0.25, 0.3) is 0 Å². The molecule has 0 aromatic carbocycles. The Bertz CT molecular complexity index is 273. The lowest BCUT2D eigenvalue weighted by Gasteiger charge is -2.27. The Morgan fingerprint density at radius 1 is 1.16 bits per heavy atom. The number of hydrogen-bond acceptors (Lipinski definition) is 3. The quantitative estimate of drug-likeness (QED) is 0.188. The van der Waals surface area contributed by atoms with Crippen molar-refractivity contribution in [1.29, 1.82) is 0 Å². The van der Waals surface area contributed by atoms with Crippen LogP contribution in [0, 0.1) is 10.8 Å². The zero-order chi connectivity index (χ0) is 14.9. The largest absolute Gasteiger partial charge is 0.409 e. The van der Waals surface area contributed by atoms with Crippen molar-refractivity contribution < 1.29 is 5.21 Å². The molecule has 0 saturated heterocycles. The van der Waals surface area contributed by atoms with Gasteiger partial charge >= 0.3 is 0 Å². The minimum Gasteiger partial charge on any atom is -0.409 e. The normalized spacial score (nSPS) is 13.8. The number of amidine groups is 1. The van der Waals surface area contributed by atoms with E-state index in [-0.39, 0.29) is 5.41 Å². The fourth-order valence-electron chi connectivity index (χ4n) is 2.03. The molecule has 0 aromatic rings. The monoisotopic (exact) mass is 271 g/mol. The van der Waals surface area contributed by atoms with Gasteiger partial charge in [-0.25, -0.2) is 0 Å². The van der Waals surface area contributed by atoms with E-state index in [1.807, 2.05) is 13.8 Å². The second-order valence-corrected chi connectivity index (χ2v) is 6.92. The summed E-state index contributed by atoms with van der Waals surface area (Å²) in [6, 6.07) is 0. The summed E-state index contributed by atoms with van der Waals surface area (Å²) in [5.41, 5.74) is 5.76. The maximum absolute atomic E-state index is 8.72. The highest BCUT2D eigenvalue weighted by atomic mass is 16.4. The molecule has 0 spiro atoms. The lowest BCUT2D eigenvalue weighted by Crippen LogP contribution is -2.37. The Morgan fingerprint density at radius 2 is 1.79 bits per heavy atom. The number of nitrogens with one attached hydrogen (secondary N) is 1. The molecule has 0 unspecified atom stereocenters. The van der Waals surface area contributed by atoms with Gasteiger partial charge in [-0.1, -0.05) is 59.0 Å². The van der Waals surface area contributed by atoms with Gasteiger partial charge in [-0.3, -0.25) is 0 Å². The molecule has 0 aliphatic rings. The summed E-state index contributed by atoms with van der Waals surface area (Å²) >= 11 is 0. The number of oxime groups is 1. The van der Waals surface area contributed by atoms with Crippen LogP contribution < -0.4 is 11.1 Å². The van der Waals surface area contributed by atoms with Gasteiger partial charge in [0.1, 0.15) is 5.84 Å². The Kier molecular flexibility index (Phi) is 8.07. The zero-order valence-corrected chi connectivity index (χ0v) is 13.4. The molecular weight excluding hydrogens is 238 g/mol. The maximum Gasteiger partial charge on any atom is 0.144 e. The first-order valence-electron chi connectivity index (χ1n) is 7.44. The number of nitrogens with two attached hydrogens (primary N) is 1. The van der Waals surface area contributed by atoms with Crippen molar-refractivity contribution in [3.05, 3.63) is 0 Å². The summed E-state index contributed by atoms with van der Waals surface area (Å²) in [5, 5.41) is 15.3. The average molecular weight is 271 g/mol. The summed E-state index contributed by atoms with van der Waals surface area (Å²) in [5.74, 6) is 0.302. The van der Waals surface area contributed by atoms with Crippen molar-refractivity contribution in [2.45, 2.75) is 66.7 Å². The predicted octanol–water partition coefficient (Wildman–Crippen LogP) is 3.35. The molecule has 0 saturated carbocycles. The molecule has 4 N–H and O–H groups in total. The minimum atomic E-state index is -0.256. The SMILES string of the molecule is CCCCCC(C)(C)CNCCC(C)(C)C(N)=NO. The van der Waals surface area contributed by atoms with Crippen molar-refractivity contribution >= 4 is 5.84 Å². The van der Waals surface area contributed by atoms with Crippen molar-refractivity contribution in [3.8, 4) is 0 Å². The second-order valence-electron chi connectivity index (χ2n) is 6.92. The molecule has 114 valence electrons. The molecule has 0 aliphatic heterocycles. The summed E-state index contributed by atoms with van der Waals surface area (Å²) in [6.07, 6.45) is 6.03.